The second-order valence-electron chi connectivity index (χ2n) is 11.5. The molecule has 0 unspecified atom stereocenters. The van der Waals surface area contributed by atoms with Gasteiger partial charge in [-0.1, -0.05) is 59.9 Å². The summed E-state index contributed by atoms with van der Waals surface area (Å²) in [5.41, 5.74) is 2.86. The Morgan fingerprint density at radius 2 is 1.67 bits per heavy atom. The second kappa shape index (κ2) is 16.6. The normalized spacial score (nSPS) is 14.1. The Bertz CT molecular complexity index is 2370. The number of hydrogen-bond acceptors (Lipinski definition) is 10. The molecule has 0 fully saturated rings. The van der Waals surface area contributed by atoms with E-state index < -0.39 is 18.0 Å². The number of methoxy groups -OCH3 is 1. The van der Waals surface area contributed by atoms with Gasteiger partial charge in [-0.2, -0.15) is 0 Å². The van der Waals surface area contributed by atoms with E-state index in [9.17, 15) is 14.4 Å². The van der Waals surface area contributed by atoms with E-state index in [1.54, 1.807) is 32.0 Å². The summed E-state index contributed by atoms with van der Waals surface area (Å²) in [6.07, 6.45) is 1.83. The zero-order valence-electron chi connectivity index (χ0n) is 28.7. The van der Waals surface area contributed by atoms with Gasteiger partial charge >= 0.3 is 11.9 Å². The number of carbonyl (C=O) groups excluding carboxylic acids is 2. The van der Waals surface area contributed by atoms with Gasteiger partial charge in [-0.3, -0.25) is 9.36 Å². The van der Waals surface area contributed by atoms with E-state index in [-0.39, 0.29) is 24.3 Å². The number of aromatic nitrogens is 1. The van der Waals surface area contributed by atoms with Crippen molar-refractivity contribution in [3.63, 3.8) is 0 Å². The maximum absolute atomic E-state index is 14.3. The molecule has 6 rings (SSSR count). The summed E-state index contributed by atoms with van der Waals surface area (Å²) in [5.74, 6) is 0.308. The van der Waals surface area contributed by atoms with Gasteiger partial charge in [-0.25, -0.2) is 14.6 Å². The number of thiazole rings is 1. The molecule has 0 bridgehead atoms. The summed E-state index contributed by atoms with van der Waals surface area (Å²) >= 11 is 5.76. The molecule has 0 radical (unpaired) electrons. The lowest BCUT2D eigenvalue weighted by atomic mass is 9.95. The number of esters is 2. The largest absolute Gasteiger partial charge is 0.490 e. The Balaban J connectivity index is 1.38. The van der Waals surface area contributed by atoms with Crippen LogP contribution in [-0.4, -0.2) is 43.4 Å². The van der Waals surface area contributed by atoms with Crippen LogP contribution < -0.4 is 29.1 Å². The van der Waals surface area contributed by atoms with Crippen LogP contribution >= 0.6 is 56.5 Å². The number of benzene rings is 4. The van der Waals surface area contributed by atoms with Crippen molar-refractivity contribution in [1.29, 1.82) is 0 Å². The van der Waals surface area contributed by atoms with Gasteiger partial charge in [0.15, 0.2) is 22.9 Å². The number of rotatable bonds is 12. The quantitative estimate of drug-likeness (QED) is 0.101. The standard InChI is InChI=1S/C39H34I2N2O8S/c1-5-48-31-19-25(14-15-30(31)50-21-33(44)47-4)35-34(38(46)49-6-2)22(3)42-39-43(35)37(45)32(52-39)18-23-16-28(40)36(29(41)17-23)51-20-26-12-9-11-24-10-7-8-13-27(24)26/h7-19,35H,5-6,20-21H2,1-4H3/b32-18-/t35-/m1/s1. The summed E-state index contributed by atoms with van der Waals surface area (Å²) in [7, 11) is 1.28. The van der Waals surface area contributed by atoms with E-state index in [0.29, 0.717) is 45.3 Å². The fraction of sp³-hybridized carbons (Fsp3) is 0.231. The molecular formula is C39H34I2N2O8S. The molecule has 268 valence electrons. The van der Waals surface area contributed by atoms with Gasteiger partial charge in [-0.15, -0.1) is 0 Å². The van der Waals surface area contributed by atoms with Gasteiger partial charge in [0.1, 0.15) is 12.4 Å². The molecule has 0 aliphatic carbocycles. The Morgan fingerprint density at radius 1 is 0.923 bits per heavy atom. The lowest BCUT2D eigenvalue weighted by Gasteiger charge is -2.25. The van der Waals surface area contributed by atoms with Crippen molar-refractivity contribution in [3.05, 3.63) is 128 Å². The van der Waals surface area contributed by atoms with Crippen LogP contribution in [0.1, 0.15) is 43.5 Å². The van der Waals surface area contributed by atoms with E-state index in [1.165, 1.54) is 23.0 Å². The molecule has 52 heavy (non-hydrogen) atoms. The number of ether oxygens (including phenoxy) is 5. The van der Waals surface area contributed by atoms with Crippen LogP contribution in [-0.2, 0) is 25.7 Å². The predicted molar refractivity (Wildman–Crippen MR) is 216 cm³/mol. The molecule has 2 heterocycles. The molecule has 13 heteroatoms. The third-order valence-electron chi connectivity index (χ3n) is 8.24. The molecule has 1 aliphatic heterocycles. The summed E-state index contributed by atoms with van der Waals surface area (Å²) in [4.78, 5) is 44.6. The topological polar surface area (TPSA) is 115 Å². The van der Waals surface area contributed by atoms with Gasteiger partial charge in [0.25, 0.3) is 5.56 Å². The molecule has 0 N–H and O–H groups in total. The molecule has 5 aromatic rings. The number of carbonyl (C=O) groups is 2. The molecule has 1 aromatic heterocycles. The summed E-state index contributed by atoms with van der Waals surface area (Å²) < 4.78 is 31.8. The maximum Gasteiger partial charge on any atom is 0.343 e. The van der Waals surface area contributed by atoms with Crippen LogP contribution in [0, 0.1) is 7.14 Å². The molecule has 0 saturated carbocycles. The van der Waals surface area contributed by atoms with Gasteiger partial charge in [0, 0.05) is 0 Å². The van der Waals surface area contributed by atoms with E-state index in [2.05, 4.69) is 69.4 Å². The first-order valence-corrected chi connectivity index (χ1v) is 19.3. The highest BCUT2D eigenvalue weighted by atomic mass is 127. The van der Waals surface area contributed by atoms with Crippen molar-refractivity contribution in [2.75, 3.05) is 26.9 Å². The van der Waals surface area contributed by atoms with E-state index in [1.807, 2.05) is 43.3 Å². The van der Waals surface area contributed by atoms with Crippen molar-refractivity contribution < 1.29 is 33.3 Å². The molecule has 1 aliphatic rings. The Hall–Kier alpha value is -4.22. The van der Waals surface area contributed by atoms with Crippen molar-refractivity contribution in [2.45, 2.75) is 33.4 Å². The average Bonchev–Trinajstić information content (AvgIpc) is 3.43. The molecule has 0 saturated heterocycles. The van der Waals surface area contributed by atoms with Crippen LogP contribution in [0.25, 0.3) is 16.8 Å². The van der Waals surface area contributed by atoms with Crippen LogP contribution in [0.2, 0.25) is 0 Å². The Morgan fingerprint density at radius 3 is 2.40 bits per heavy atom. The molecule has 1 atom stereocenters. The third kappa shape index (κ3) is 7.90. The summed E-state index contributed by atoms with van der Waals surface area (Å²) in [5, 5.41) is 2.31. The highest BCUT2D eigenvalue weighted by Crippen LogP contribution is 2.37. The van der Waals surface area contributed by atoms with Crippen molar-refractivity contribution in [3.8, 4) is 17.2 Å². The van der Waals surface area contributed by atoms with Gasteiger partial charge in [0.2, 0.25) is 0 Å². The van der Waals surface area contributed by atoms with Crippen molar-refractivity contribution >= 4 is 85.3 Å². The zero-order chi connectivity index (χ0) is 36.9. The second-order valence-corrected chi connectivity index (χ2v) is 14.9. The number of halogens is 2. The maximum atomic E-state index is 14.3. The highest BCUT2D eigenvalue weighted by molar-refractivity contribution is 14.1. The van der Waals surface area contributed by atoms with E-state index >= 15 is 0 Å². The van der Waals surface area contributed by atoms with Gasteiger partial charge < -0.3 is 23.7 Å². The number of fused-ring (bicyclic) bond motifs is 2. The van der Waals surface area contributed by atoms with Crippen molar-refractivity contribution in [1.82, 2.24) is 4.57 Å². The molecule has 10 nitrogen and oxygen atoms in total. The van der Waals surface area contributed by atoms with Gasteiger partial charge in [0.05, 0.1) is 49.3 Å². The SMILES string of the molecule is CCOC(=O)C1=C(C)N=c2s/c(=C\c3cc(I)c(OCc4cccc5ccccc45)c(I)c3)c(=O)n2[C@@H]1c1ccc(OCC(=O)OC)c(OCC)c1. The Labute approximate surface area is 331 Å². The summed E-state index contributed by atoms with van der Waals surface area (Å²) in [6.45, 7) is 5.84. The van der Waals surface area contributed by atoms with Crippen LogP contribution in [0.3, 0.4) is 0 Å². The molecular weight excluding hydrogens is 910 g/mol. The van der Waals surface area contributed by atoms with Crippen molar-refractivity contribution in [2.24, 2.45) is 4.99 Å². The first-order chi connectivity index (χ1) is 25.1. The molecule has 0 spiro atoms. The number of allylic oxidation sites excluding steroid dienone is 1. The zero-order valence-corrected chi connectivity index (χ0v) is 33.9. The molecule has 0 amide bonds. The monoisotopic (exact) mass is 944 g/mol. The first-order valence-electron chi connectivity index (χ1n) is 16.4. The number of nitrogens with zero attached hydrogens (tertiary/aromatic N) is 2. The fourth-order valence-electron chi connectivity index (χ4n) is 5.91. The molecule has 4 aromatic carbocycles. The smallest absolute Gasteiger partial charge is 0.343 e. The lowest BCUT2D eigenvalue weighted by Crippen LogP contribution is -2.40. The minimum Gasteiger partial charge on any atom is -0.490 e. The Kier molecular flexibility index (Phi) is 12.0. The highest BCUT2D eigenvalue weighted by Gasteiger charge is 2.34. The predicted octanol–water partition coefficient (Wildman–Crippen LogP) is 6.69. The minimum absolute atomic E-state index is 0.149. The third-order valence-corrected chi connectivity index (χ3v) is 10.8. The lowest BCUT2D eigenvalue weighted by molar-refractivity contribution is -0.143. The number of hydrogen-bond donors (Lipinski definition) is 0. The first kappa shape index (κ1) is 37.5. The van der Waals surface area contributed by atoms with Crippen LogP contribution in [0.15, 0.2) is 93.9 Å². The van der Waals surface area contributed by atoms with E-state index in [4.69, 9.17) is 28.7 Å². The van der Waals surface area contributed by atoms with Crippen LogP contribution in [0.4, 0.5) is 0 Å². The average molecular weight is 945 g/mol. The van der Waals surface area contributed by atoms with E-state index in [0.717, 1.165) is 34.8 Å². The van der Waals surface area contributed by atoms with Crippen LogP contribution in [0.5, 0.6) is 17.2 Å². The fourth-order valence-corrected chi connectivity index (χ4v) is 9.08. The summed E-state index contributed by atoms with van der Waals surface area (Å²) in [6, 6.07) is 22.6. The minimum atomic E-state index is -0.864. The van der Waals surface area contributed by atoms with Gasteiger partial charge in [-0.05, 0) is 124 Å².